The molecule has 6 nitrogen and oxygen atoms in total. The topological polar surface area (TPSA) is 67.9 Å². The number of ether oxygens (including phenoxy) is 2. The smallest absolute Gasteiger partial charge is 0.417 e. The molecule has 10 heteroatoms. The van der Waals surface area contributed by atoms with Crippen LogP contribution in [0, 0.1) is 0 Å². The van der Waals surface area contributed by atoms with Crippen molar-refractivity contribution in [3.05, 3.63) is 53.1 Å². The predicted octanol–water partition coefficient (Wildman–Crippen LogP) is 3.60. The molecule has 1 aliphatic heterocycles. The van der Waals surface area contributed by atoms with E-state index in [9.17, 15) is 22.8 Å². The molecule has 1 N–H and O–H groups in total. The van der Waals surface area contributed by atoms with E-state index in [-0.39, 0.29) is 18.8 Å². The first kappa shape index (κ1) is 20.8. The van der Waals surface area contributed by atoms with Crippen LogP contribution in [0.3, 0.4) is 0 Å². The minimum Gasteiger partial charge on any atom is -0.485 e. The summed E-state index contributed by atoms with van der Waals surface area (Å²) < 4.78 is 49.8. The third kappa shape index (κ3) is 4.92. The van der Waals surface area contributed by atoms with Gasteiger partial charge in [-0.05, 0) is 30.3 Å². The molecule has 154 valence electrons. The number of halogens is 4. The van der Waals surface area contributed by atoms with Crippen molar-refractivity contribution in [3.63, 3.8) is 0 Å². The minimum atomic E-state index is -4.65. The molecular formula is C19H16ClF3N2O4. The number of carbonyl (C=O) groups is 2. The predicted molar refractivity (Wildman–Crippen MR) is 99.1 cm³/mol. The van der Waals surface area contributed by atoms with E-state index in [0.29, 0.717) is 11.5 Å². The second kappa shape index (κ2) is 8.20. The molecule has 0 fully saturated rings. The highest BCUT2D eigenvalue weighted by molar-refractivity contribution is 6.31. The largest absolute Gasteiger partial charge is 0.485 e. The van der Waals surface area contributed by atoms with Crippen molar-refractivity contribution in [2.75, 3.05) is 25.5 Å². The molecule has 3 rings (SSSR count). The van der Waals surface area contributed by atoms with Crippen molar-refractivity contribution in [2.45, 2.75) is 12.3 Å². The number of hydrogen-bond acceptors (Lipinski definition) is 4. The van der Waals surface area contributed by atoms with Crippen LogP contribution in [0.5, 0.6) is 11.5 Å². The van der Waals surface area contributed by atoms with Crippen LogP contribution in [-0.4, -0.2) is 43.0 Å². The standard InChI is InChI=1S/C19H16ClF3N2O4/c1-25(18(27)16-10-28-14-4-2-3-5-15(14)29-16)9-17(26)24-11-6-7-13(20)12(8-11)19(21,22)23/h2-8,16H,9-10H2,1H3,(H,24,26). The number of amides is 2. The van der Waals surface area contributed by atoms with Gasteiger partial charge in [0.2, 0.25) is 12.0 Å². The van der Waals surface area contributed by atoms with Crippen molar-refractivity contribution >= 4 is 29.1 Å². The first-order chi connectivity index (χ1) is 13.6. The molecule has 1 aliphatic rings. The Labute approximate surface area is 169 Å². The number of nitrogens with one attached hydrogen (secondary N) is 1. The third-order valence-electron chi connectivity index (χ3n) is 4.10. The van der Waals surface area contributed by atoms with E-state index in [1.54, 1.807) is 24.3 Å². The zero-order valence-corrected chi connectivity index (χ0v) is 15.9. The van der Waals surface area contributed by atoms with Gasteiger partial charge in [0.05, 0.1) is 17.1 Å². The van der Waals surface area contributed by atoms with Crippen LogP contribution in [0.25, 0.3) is 0 Å². The highest BCUT2D eigenvalue weighted by Crippen LogP contribution is 2.36. The summed E-state index contributed by atoms with van der Waals surface area (Å²) in [4.78, 5) is 25.8. The Morgan fingerprint density at radius 3 is 2.59 bits per heavy atom. The number of likely N-dealkylation sites (N-methyl/N-ethyl adjacent to an activating group) is 1. The molecule has 0 saturated carbocycles. The van der Waals surface area contributed by atoms with Crippen LogP contribution in [-0.2, 0) is 15.8 Å². The summed E-state index contributed by atoms with van der Waals surface area (Å²) in [6, 6.07) is 9.87. The van der Waals surface area contributed by atoms with Gasteiger partial charge in [-0.3, -0.25) is 9.59 Å². The number of benzene rings is 2. The van der Waals surface area contributed by atoms with Crippen LogP contribution >= 0.6 is 11.6 Å². The van der Waals surface area contributed by atoms with Gasteiger partial charge in [0.15, 0.2) is 11.5 Å². The van der Waals surface area contributed by atoms with Crippen LogP contribution in [0.1, 0.15) is 5.56 Å². The summed E-state index contributed by atoms with van der Waals surface area (Å²) in [6.07, 6.45) is -5.59. The first-order valence-electron chi connectivity index (χ1n) is 8.45. The second-order valence-corrected chi connectivity index (χ2v) is 6.71. The van der Waals surface area contributed by atoms with E-state index in [2.05, 4.69) is 5.32 Å². The quantitative estimate of drug-likeness (QED) is 0.808. The molecule has 0 radical (unpaired) electrons. The molecule has 0 aliphatic carbocycles. The second-order valence-electron chi connectivity index (χ2n) is 6.30. The lowest BCUT2D eigenvalue weighted by Crippen LogP contribution is -2.47. The zero-order chi connectivity index (χ0) is 21.2. The molecule has 0 bridgehead atoms. The number of rotatable bonds is 4. The van der Waals surface area contributed by atoms with E-state index in [1.165, 1.54) is 13.1 Å². The minimum absolute atomic E-state index is 0.0199. The lowest BCUT2D eigenvalue weighted by Gasteiger charge is -2.28. The number of nitrogens with zero attached hydrogens (tertiary/aromatic N) is 1. The number of carbonyl (C=O) groups excluding carboxylic acids is 2. The van der Waals surface area contributed by atoms with Crippen molar-refractivity contribution < 1.29 is 32.2 Å². The first-order valence-corrected chi connectivity index (χ1v) is 8.83. The van der Waals surface area contributed by atoms with E-state index in [1.807, 2.05) is 0 Å². The molecule has 0 spiro atoms. The van der Waals surface area contributed by atoms with Gasteiger partial charge in [-0.1, -0.05) is 23.7 Å². The monoisotopic (exact) mass is 428 g/mol. The number of fused-ring (bicyclic) bond motifs is 1. The molecule has 2 amide bonds. The Balaban J connectivity index is 1.60. The summed E-state index contributed by atoms with van der Waals surface area (Å²) in [5, 5.41) is 1.85. The molecule has 1 atom stereocenters. The lowest BCUT2D eigenvalue weighted by molar-refractivity contribution is -0.141. The zero-order valence-electron chi connectivity index (χ0n) is 15.1. The fourth-order valence-electron chi connectivity index (χ4n) is 2.70. The summed E-state index contributed by atoms with van der Waals surface area (Å²) in [7, 11) is 1.38. The maximum absolute atomic E-state index is 12.9. The fourth-order valence-corrected chi connectivity index (χ4v) is 2.93. The Bertz CT molecular complexity index is 936. The van der Waals surface area contributed by atoms with Crippen LogP contribution in [0.15, 0.2) is 42.5 Å². The van der Waals surface area contributed by atoms with Gasteiger partial charge < -0.3 is 19.7 Å². The van der Waals surface area contributed by atoms with Crippen LogP contribution < -0.4 is 14.8 Å². The van der Waals surface area contributed by atoms with Crippen molar-refractivity contribution in [1.82, 2.24) is 4.90 Å². The third-order valence-corrected chi connectivity index (χ3v) is 4.43. The van der Waals surface area contributed by atoms with Crippen LogP contribution in [0.2, 0.25) is 5.02 Å². The van der Waals surface area contributed by atoms with E-state index < -0.39 is 34.7 Å². The average molecular weight is 429 g/mol. The summed E-state index contributed by atoms with van der Waals surface area (Å²) in [5.41, 5.74) is -1.15. The van der Waals surface area contributed by atoms with Crippen molar-refractivity contribution in [2.24, 2.45) is 0 Å². The van der Waals surface area contributed by atoms with E-state index >= 15 is 0 Å². The molecule has 1 heterocycles. The number of anilines is 1. The number of hydrogen-bond donors (Lipinski definition) is 1. The summed E-state index contributed by atoms with van der Waals surface area (Å²) in [5.74, 6) is -0.244. The Morgan fingerprint density at radius 2 is 1.90 bits per heavy atom. The number of para-hydroxylation sites is 2. The fraction of sp³-hybridized carbons (Fsp3) is 0.263. The van der Waals surface area contributed by atoms with Gasteiger partial charge in [-0.25, -0.2) is 0 Å². The maximum Gasteiger partial charge on any atom is 0.417 e. The van der Waals surface area contributed by atoms with Crippen molar-refractivity contribution in [3.8, 4) is 11.5 Å². The highest BCUT2D eigenvalue weighted by atomic mass is 35.5. The molecule has 29 heavy (non-hydrogen) atoms. The van der Waals surface area contributed by atoms with Gasteiger partial charge in [0.1, 0.15) is 6.61 Å². The Kier molecular flexibility index (Phi) is 5.88. The number of alkyl halides is 3. The molecule has 0 aromatic heterocycles. The van der Waals surface area contributed by atoms with Gasteiger partial charge >= 0.3 is 6.18 Å². The van der Waals surface area contributed by atoms with Gasteiger partial charge in [-0.15, -0.1) is 0 Å². The SMILES string of the molecule is CN(CC(=O)Nc1ccc(Cl)c(C(F)(F)F)c1)C(=O)C1COc2ccccc2O1. The molecule has 2 aromatic rings. The lowest BCUT2D eigenvalue weighted by atomic mass is 10.2. The van der Waals surface area contributed by atoms with E-state index in [4.69, 9.17) is 21.1 Å². The van der Waals surface area contributed by atoms with E-state index in [0.717, 1.165) is 17.0 Å². The van der Waals surface area contributed by atoms with Gasteiger partial charge in [0.25, 0.3) is 5.91 Å². The highest BCUT2D eigenvalue weighted by Gasteiger charge is 2.34. The summed E-state index contributed by atoms with van der Waals surface area (Å²) in [6.45, 7) is -0.405. The van der Waals surface area contributed by atoms with Crippen LogP contribution in [0.4, 0.5) is 18.9 Å². The molecule has 2 aromatic carbocycles. The summed E-state index contributed by atoms with van der Waals surface area (Å²) >= 11 is 5.55. The normalized spacial score (nSPS) is 15.6. The maximum atomic E-state index is 12.9. The molecular weight excluding hydrogens is 413 g/mol. The Hall–Kier alpha value is -2.94. The Morgan fingerprint density at radius 1 is 1.21 bits per heavy atom. The average Bonchev–Trinajstić information content (AvgIpc) is 2.67. The van der Waals surface area contributed by atoms with Gasteiger partial charge in [0, 0.05) is 12.7 Å². The molecule has 1 unspecified atom stereocenters. The van der Waals surface area contributed by atoms with Crippen molar-refractivity contribution in [1.29, 1.82) is 0 Å². The molecule has 0 saturated heterocycles. The van der Waals surface area contributed by atoms with Gasteiger partial charge in [-0.2, -0.15) is 13.2 Å².